The van der Waals surface area contributed by atoms with E-state index in [2.05, 4.69) is 29.2 Å². The van der Waals surface area contributed by atoms with Crippen molar-refractivity contribution in [1.82, 2.24) is 14.6 Å². The molecular weight excluding hydrogens is 312 g/mol. The van der Waals surface area contributed by atoms with E-state index in [-0.39, 0.29) is 6.61 Å². The lowest BCUT2D eigenvalue weighted by Crippen LogP contribution is -2.27. The summed E-state index contributed by atoms with van der Waals surface area (Å²) in [5.41, 5.74) is 6.64. The zero-order valence-electron chi connectivity index (χ0n) is 14.9. The molecule has 0 saturated carbocycles. The van der Waals surface area contributed by atoms with E-state index >= 15 is 0 Å². The van der Waals surface area contributed by atoms with Crippen LogP contribution in [0.3, 0.4) is 0 Å². The van der Waals surface area contributed by atoms with Crippen molar-refractivity contribution in [2.75, 3.05) is 25.1 Å². The third kappa shape index (κ3) is 2.68. The average molecular weight is 336 g/mol. The molecule has 4 rings (SSSR count). The molecule has 0 spiro atoms. The summed E-state index contributed by atoms with van der Waals surface area (Å²) in [6.45, 7) is 2.76. The van der Waals surface area contributed by atoms with Crippen molar-refractivity contribution in [2.45, 2.75) is 32.6 Å². The molecule has 1 N–H and O–H groups in total. The van der Waals surface area contributed by atoms with Crippen LogP contribution in [0.15, 0.2) is 30.3 Å². The van der Waals surface area contributed by atoms with Crippen LogP contribution >= 0.6 is 0 Å². The molecule has 5 nitrogen and oxygen atoms in total. The molecule has 25 heavy (non-hydrogen) atoms. The quantitative estimate of drug-likeness (QED) is 0.796. The van der Waals surface area contributed by atoms with Crippen molar-refractivity contribution in [3.63, 3.8) is 0 Å². The van der Waals surface area contributed by atoms with Crippen LogP contribution in [-0.4, -0.2) is 39.9 Å². The summed E-state index contributed by atoms with van der Waals surface area (Å²) >= 11 is 0. The molecule has 0 saturated heterocycles. The Hall–Kier alpha value is -2.40. The van der Waals surface area contributed by atoms with Crippen LogP contribution in [0.4, 0.5) is 5.82 Å². The monoisotopic (exact) mass is 336 g/mol. The summed E-state index contributed by atoms with van der Waals surface area (Å²) in [4.78, 5) is 7.14. The minimum atomic E-state index is 0.126. The molecule has 130 valence electrons. The van der Waals surface area contributed by atoms with E-state index in [1.807, 2.05) is 24.6 Å². The minimum Gasteiger partial charge on any atom is -0.395 e. The van der Waals surface area contributed by atoms with Crippen LogP contribution in [0.25, 0.3) is 16.8 Å². The van der Waals surface area contributed by atoms with Gasteiger partial charge in [0.25, 0.3) is 0 Å². The lowest BCUT2D eigenvalue weighted by Gasteiger charge is -2.26. The highest BCUT2D eigenvalue weighted by atomic mass is 16.3. The Balaban J connectivity index is 2.02. The highest BCUT2D eigenvalue weighted by molar-refractivity contribution is 5.81. The normalized spacial score (nSPS) is 13.9. The van der Waals surface area contributed by atoms with E-state index in [1.54, 1.807) is 0 Å². The zero-order chi connectivity index (χ0) is 17.4. The van der Waals surface area contributed by atoms with Gasteiger partial charge < -0.3 is 10.0 Å². The number of hydrogen-bond donors (Lipinski definition) is 1. The van der Waals surface area contributed by atoms with Gasteiger partial charge in [0, 0.05) is 30.4 Å². The Morgan fingerprint density at radius 2 is 1.92 bits per heavy atom. The van der Waals surface area contributed by atoms with Gasteiger partial charge in [-0.05, 0) is 38.2 Å². The van der Waals surface area contributed by atoms with Crippen molar-refractivity contribution in [3.05, 3.63) is 47.3 Å². The summed E-state index contributed by atoms with van der Waals surface area (Å²) in [6.07, 6.45) is 4.42. The van der Waals surface area contributed by atoms with Gasteiger partial charge >= 0.3 is 0 Å². The van der Waals surface area contributed by atoms with Gasteiger partial charge in [0.2, 0.25) is 0 Å². The van der Waals surface area contributed by atoms with Gasteiger partial charge in [0.05, 0.1) is 12.3 Å². The number of aliphatic hydroxyl groups excluding tert-OH is 1. The average Bonchev–Trinajstić information content (AvgIpc) is 2.95. The summed E-state index contributed by atoms with van der Waals surface area (Å²) in [5, 5.41) is 14.3. The molecule has 2 aromatic heterocycles. The first kappa shape index (κ1) is 16.1. The minimum absolute atomic E-state index is 0.126. The largest absolute Gasteiger partial charge is 0.395 e. The van der Waals surface area contributed by atoms with Gasteiger partial charge in [-0.3, -0.25) is 0 Å². The predicted molar refractivity (Wildman–Crippen MR) is 100 cm³/mol. The first-order valence-corrected chi connectivity index (χ1v) is 8.99. The van der Waals surface area contributed by atoms with Gasteiger partial charge in [-0.25, -0.2) is 4.98 Å². The van der Waals surface area contributed by atoms with E-state index in [4.69, 9.17) is 10.1 Å². The second kappa shape index (κ2) is 6.48. The highest BCUT2D eigenvalue weighted by Crippen LogP contribution is 2.34. The predicted octanol–water partition coefficient (Wildman–Crippen LogP) is 3.01. The fraction of sp³-hybridized carbons (Fsp3) is 0.400. The SMILES string of the molecule is Cc1nn2c(N(C)CCO)c3c(nc2c1-c1ccccc1)CCCC3. The van der Waals surface area contributed by atoms with Crippen LogP contribution in [0.5, 0.6) is 0 Å². The number of anilines is 1. The van der Waals surface area contributed by atoms with E-state index in [0.29, 0.717) is 6.54 Å². The molecule has 2 heterocycles. The maximum Gasteiger partial charge on any atom is 0.165 e. The molecule has 0 fully saturated rings. The number of likely N-dealkylation sites (N-methyl/N-ethyl adjacent to an activating group) is 1. The Morgan fingerprint density at radius 1 is 1.16 bits per heavy atom. The number of rotatable bonds is 4. The lowest BCUT2D eigenvalue weighted by atomic mass is 9.96. The van der Waals surface area contributed by atoms with Crippen LogP contribution in [0.1, 0.15) is 29.8 Å². The van der Waals surface area contributed by atoms with Gasteiger partial charge in [-0.15, -0.1) is 0 Å². The van der Waals surface area contributed by atoms with Crippen molar-refractivity contribution in [2.24, 2.45) is 0 Å². The molecule has 0 radical (unpaired) electrons. The maximum absolute atomic E-state index is 9.42. The van der Waals surface area contributed by atoms with Crippen molar-refractivity contribution in [3.8, 4) is 11.1 Å². The van der Waals surface area contributed by atoms with Gasteiger partial charge in [-0.2, -0.15) is 9.61 Å². The number of aryl methyl sites for hydroxylation is 2. The van der Waals surface area contributed by atoms with Crippen molar-refractivity contribution < 1.29 is 5.11 Å². The summed E-state index contributed by atoms with van der Waals surface area (Å²) in [6, 6.07) is 10.4. The lowest BCUT2D eigenvalue weighted by molar-refractivity contribution is 0.303. The second-order valence-corrected chi connectivity index (χ2v) is 6.77. The number of nitrogens with zero attached hydrogens (tertiary/aromatic N) is 4. The Morgan fingerprint density at radius 3 is 2.68 bits per heavy atom. The Labute approximate surface area is 147 Å². The van der Waals surface area contributed by atoms with Crippen molar-refractivity contribution in [1.29, 1.82) is 0 Å². The van der Waals surface area contributed by atoms with Gasteiger partial charge in [0.1, 0.15) is 5.82 Å². The third-order valence-electron chi connectivity index (χ3n) is 5.05. The molecule has 5 heteroatoms. The smallest absolute Gasteiger partial charge is 0.165 e. The molecule has 1 aliphatic carbocycles. The number of hydrogen-bond acceptors (Lipinski definition) is 4. The van der Waals surface area contributed by atoms with Crippen molar-refractivity contribution >= 4 is 11.5 Å². The zero-order valence-corrected chi connectivity index (χ0v) is 14.9. The van der Waals surface area contributed by atoms with E-state index in [1.165, 1.54) is 24.1 Å². The topological polar surface area (TPSA) is 53.7 Å². The summed E-state index contributed by atoms with van der Waals surface area (Å²) in [5.74, 6) is 1.08. The molecular formula is C20H24N4O. The Bertz CT molecular complexity index is 901. The molecule has 0 bridgehead atoms. The molecule has 1 aliphatic rings. The first-order chi connectivity index (χ1) is 12.2. The number of aliphatic hydroxyl groups is 1. The molecule has 0 aliphatic heterocycles. The fourth-order valence-corrected chi connectivity index (χ4v) is 3.87. The molecule has 0 unspecified atom stereocenters. The summed E-state index contributed by atoms with van der Waals surface area (Å²) in [7, 11) is 2.03. The van der Waals surface area contributed by atoms with E-state index in [0.717, 1.165) is 41.1 Å². The van der Waals surface area contributed by atoms with E-state index < -0.39 is 0 Å². The van der Waals surface area contributed by atoms with Crippen LogP contribution in [-0.2, 0) is 12.8 Å². The number of fused-ring (bicyclic) bond motifs is 2. The number of aromatic nitrogens is 3. The molecule has 0 amide bonds. The first-order valence-electron chi connectivity index (χ1n) is 8.99. The van der Waals surface area contributed by atoms with E-state index in [9.17, 15) is 5.11 Å². The molecule has 3 aromatic rings. The summed E-state index contributed by atoms with van der Waals surface area (Å²) < 4.78 is 1.98. The van der Waals surface area contributed by atoms with Crippen LogP contribution in [0, 0.1) is 6.92 Å². The van der Waals surface area contributed by atoms with Crippen LogP contribution in [0.2, 0.25) is 0 Å². The highest BCUT2D eigenvalue weighted by Gasteiger charge is 2.24. The third-order valence-corrected chi connectivity index (χ3v) is 5.05. The Kier molecular flexibility index (Phi) is 4.17. The molecule has 1 aromatic carbocycles. The van der Waals surface area contributed by atoms with Gasteiger partial charge in [0.15, 0.2) is 5.65 Å². The second-order valence-electron chi connectivity index (χ2n) is 6.77. The standard InChI is InChI=1S/C20H24N4O/c1-14-18(15-8-4-3-5-9-15)19-21-17-11-7-6-10-16(17)20(24(19)22-14)23(2)12-13-25/h3-5,8-9,25H,6-7,10-13H2,1-2H3. The number of benzene rings is 1. The maximum atomic E-state index is 9.42. The van der Waals surface area contributed by atoms with Gasteiger partial charge in [-0.1, -0.05) is 30.3 Å². The fourth-order valence-electron chi connectivity index (χ4n) is 3.87. The molecule has 0 atom stereocenters. The van der Waals surface area contributed by atoms with Crippen LogP contribution < -0.4 is 4.90 Å².